The van der Waals surface area contributed by atoms with Gasteiger partial charge in [-0.1, -0.05) is 30.1 Å². The number of anilines is 1. The van der Waals surface area contributed by atoms with E-state index in [1.165, 1.54) is 12.8 Å². The van der Waals surface area contributed by atoms with E-state index in [2.05, 4.69) is 20.8 Å². The number of pyridine rings is 1. The molecule has 4 rings (SSSR count). The standard InChI is InChI=1S/C22H22N4O3/c27-21(25-18-9-11-23-12-10-18)17-7-5-15(6-8-17)14-24-22(28)20-13-19(26-29-20)16-3-1-2-4-16/h5-13,16H,1-4,14H2,(H,24,28)(H,23,25,27). The first kappa shape index (κ1) is 18.9. The first-order chi connectivity index (χ1) is 14.2. The minimum atomic E-state index is -0.291. The van der Waals surface area contributed by atoms with Crippen molar-refractivity contribution in [1.82, 2.24) is 15.5 Å². The molecule has 1 aromatic carbocycles. The van der Waals surface area contributed by atoms with Gasteiger partial charge in [0.15, 0.2) is 0 Å². The molecule has 1 saturated carbocycles. The summed E-state index contributed by atoms with van der Waals surface area (Å²) in [5.41, 5.74) is 2.98. The van der Waals surface area contributed by atoms with E-state index in [1.54, 1.807) is 42.7 Å². The molecule has 0 saturated heterocycles. The van der Waals surface area contributed by atoms with Crippen LogP contribution in [0.5, 0.6) is 0 Å². The number of amides is 2. The van der Waals surface area contributed by atoms with Crippen LogP contribution >= 0.6 is 0 Å². The quantitative estimate of drug-likeness (QED) is 0.665. The summed E-state index contributed by atoms with van der Waals surface area (Å²) in [6.45, 7) is 0.338. The molecule has 148 valence electrons. The summed E-state index contributed by atoms with van der Waals surface area (Å²) in [4.78, 5) is 28.5. The Hall–Kier alpha value is -3.48. The van der Waals surface area contributed by atoms with Crippen molar-refractivity contribution in [3.05, 3.63) is 77.4 Å². The smallest absolute Gasteiger partial charge is 0.290 e. The van der Waals surface area contributed by atoms with E-state index >= 15 is 0 Å². The molecule has 2 amide bonds. The molecule has 2 N–H and O–H groups in total. The van der Waals surface area contributed by atoms with E-state index in [1.807, 2.05) is 12.1 Å². The Labute approximate surface area is 168 Å². The van der Waals surface area contributed by atoms with Gasteiger partial charge in [0.1, 0.15) is 0 Å². The lowest BCUT2D eigenvalue weighted by atomic mass is 10.0. The molecule has 29 heavy (non-hydrogen) atoms. The zero-order valence-corrected chi connectivity index (χ0v) is 15.9. The molecular formula is C22H22N4O3. The van der Waals surface area contributed by atoms with Crippen LogP contribution in [0.1, 0.15) is 63.8 Å². The van der Waals surface area contributed by atoms with Crippen molar-refractivity contribution in [3.63, 3.8) is 0 Å². The third-order valence-corrected chi connectivity index (χ3v) is 5.13. The third kappa shape index (κ3) is 4.68. The van der Waals surface area contributed by atoms with Crippen molar-refractivity contribution in [2.24, 2.45) is 0 Å². The van der Waals surface area contributed by atoms with Gasteiger partial charge in [-0.05, 0) is 42.7 Å². The molecule has 0 radical (unpaired) electrons. The fraction of sp³-hybridized carbons (Fsp3) is 0.273. The van der Waals surface area contributed by atoms with Crippen LogP contribution in [0.15, 0.2) is 59.4 Å². The number of aromatic nitrogens is 2. The van der Waals surface area contributed by atoms with Gasteiger partial charge in [0.2, 0.25) is 5.76 Å². The Morgan fingerprint density at radius 1 is 1.00 bits per heavy atom. The van der Waals surface area contributed by atoms with Gasteiger partial charge < -0.3 is 15.2 Å². The number of nitrogens with zero attached hydrogens (tertiary/aromatic N) is 2. The van der Waals surface area contributed by atoms with E-state index in [0.717, 1.165) is 24.1 Å². The molecule has 2 heterocycles. The topological polar surface area (TPSA) is 97.1 Å². The van der Waals surface area contributed by atoms with E-state index in [-0.39, 0.29) is 17.6 Å². The molecule has 0 bridgehead atoms. The molecule has 1 fully saturated rings. The summed E-state index contributed by atoms with van der Waals surface area (Å²) in [7, 11) is 0. The molecule has 0 spiro atoms. The summed E-state index contributed by atoms with van der Waals surface area (Å²) in [5.74, 6) is 0.153. The predicted octanol–water partition coefficient (Wildman–Crippen LogP) is 3.91. The van der Waals surface area contributed by atoms with Crippen molar-refractivity contribution >= 4 is 17.5 Å². The molecule has 1 aliphatic carbocycles. The second-order valence-corrected chi connectivity index (χ2v) is 7.17. The highest BCUT2D eigenvalue weighted by atomic mass is 16.5. The maximum atomic E-state index is 12.3. The number of rotatable bonds is 6. The molecule has 0 aliphatic heterocycles. The highest BCUT2D eigenvalue weighted by molar-refractivity contribution is 6.04. The van der Waals surface area contributed by atoms with Gasteiger partial charge in [0.05, 0.1) is 5.69 Å². The van der Waals surface area contributed by atoms with Crippen molar-refractivity contribution in [2.75, 3.05) is 5.32 Å². The molecule has 0 atom stereocenters. The predicted molar refractivity (Wildman–Crippen MR) is 108 cm³/mol. The molecule has 2 aromatic heterocycles. The third-order valence-electron chi connectivity index (χ3n) is 5.13. The molecule has 7 heteroatoms. The summed E-state index contributed by atoms with van der Waals surface area (Å²) in [5, 5.41) is 9.69. The van der Waals surface area contributed by atoms with E-state index < -0.39 is 0 Å². The molecule has 7 nitrogen and oxygen atoms in total. The average Bonchev–Trinajstić information content (AvgIpc) is 3.45. The van der Waals surface area contributed by atoms with Crippen LogP contribution in [0.4, 0.5) is 5.69 Å². The van der Waals surface area contributed by atoms with Gasteiger partial charge in [-0.2, -0.15) is 0 Å². The van der Waals surface area contributed by atoms with Crippen LogP contribution in [0, 0.1) is 0 Å². The Bertz CT molecular complexity index is 977. The lowest BCUT2D eigenvalue weighted by Crippen LogP contribution is -2.22. The Kier molecular flexibility index (Phi) is 5.65. The highest BCUT2D eigenvalue weighted by Gasteiger charge is 2.22. The van der Waals surface area contributed by atoms with E-state index in [9.17, 15) is 9.59 Å². The zero-order valence-electron chi connectivity index (χ0n) is 15.9. The van der Waals surface area contributed by atoms with Gasteiger partial charge in [-0.3, -0.25) is 14.6 Å². The Morgan fingerprint density at radius 2 is 1.72 bits per heavy atom. The van der Waals surface area contributed by atoms with Crippen LogP contribution < -0.4 is 10.6 Å². The summed E-state index contributed by atoms with van der Waals surface area (Å²) < 4.78 is 5.22. The first-order valence-corrected chi connectivity index (χ1v) is 9.74. The fourth-order valence-electron chi connectivity index (χ4n) is 3.49. The molecule has 0 unspecified atom stereocenters. The van der Waals surface area contributed by atoms with Gasteiger partial charge in [-0.15, -0.1) is 0 Å². The lowest BCUT2D eigenvalue weighted by Gasteiger charge is -2.07. The fourth-order valence-corrected chi connectivity index (χ4v) is 3.49. The second-order valence-electron chi connectivity index (χ2n) is 7.17. The molecular weight excluding hydrogens is 368 g/mol. The van der Waals surface area contributed by atoms with E-state index in [4.69, 9.17) is 4.52 Å². The second kappa shape index (κ2) is 8.68. The highest BCUT2D eigenvalue weighted by Crippen LogP contribution is 2.33. The number of nitrogens with one attached hydrogen (secondary N) is 2. The van der Waals surface area contributed by atoms with Gasteiger partial charge in [0.25, 0.3) is 11.8 Å². The SMILES string of the molecule is O=C(Nc1ccncc1)c1ccc(CNC(=O)c2cc(C3CCCC3)no2)cc1. The minimum absolute atomic E-state index is 0.201. The number of hydrogen-bond acceptors (Lipinski definition) is 5. The normalized spacial score (nSPS) is 13.9. The number of carbonyl (C=O) groups excluding carboxylic acids is 2. The van der Waals surface area contributed by atoms with Crippen LogP contribution in [-0.2, 0) is 6.54 Å². The maximum Gasteiger partial charge on any atom is 0.290 e. The number of benzene rings is 1. The van der Waals surface area contributed by atoms with Crippen LogP contribution in [0.3, 0.4) is 0 Å². The number of carbonyl (C=O) groups is 2. The van der Waals surface area contributed by atoms with Gasteiger partial charge >= 0.3 is 0 Å². The zero-order chi connectivity index (χ0) is 20.1. The molecule has 1 aliphatic rings. The summed E-state index contributed by atoms with van der Waals surface area (Å²) in [6.07, 6.45) is 7.86. The summed E-state index contributed by atoms with van der Waals surface area (Å²) in [6, 6.07) is 12.3. The largest absolute Gasteiger partial charge is 0.351 e. The van der Waals surface area contributed by atoms with Gasteiger partial charge in [0, 0.05) is 42.2 Å². The van der Waals surface area contributed by atoms with Crippen molar-refractivity contribution in [1.29, 1.82) is 0 Å². The van der Waals surface area contributed by atoms with Crippen LogP contribution in [-0.4, -0.2) is 22.0 Å². The van der Waals surface area contributed by atoms with Crippen LogP contribution in [0.2, 0.25) is 0 Å². The number of hydrogen-bond donors (Lipinski definition) is 2. The van der Waals surface area contributed by atoms with Crippen LogP contribution in [0.25, 0.3) is 0 Å². The average molecular weight is 390 g/mol. The Morgan fingerprint density at radius 3 is 2.45 bits per heavy atom. The summed E-state index contributed by atoms with van der Waals surface area (Å²) >= 11 is 0. The lowest BCUT2D eigenvalue weighted by molar-refractivity contribution is 0.0913. The van der Waals surface area contributed by atoms with Crippen molar-refractivity contribution in [2.45, 2.75) is 38.1 Å². The van der Waals surface area contributed by atoms with E-state index in [0.29, 0.717) is 23.7 Å². The monoisotopic (exact) mass is 390 g/mol. The van der Waals surface area contributed by atoms with Crippen molar-refractivity contribution in [3.8, 4) is 0 Å². The maximum absolute atomic E-state index is 12.3. The van der Waals surface area contributed by atoms with Gasteiger partial charge in [-0.25, -0.2) is 0 Å². The molecule has 3 aromatic rings. The first-order valence-electron chi connectivity index (χ1n) is 9.74. The minimum Gasteiger partial charge on any atom is -0.351 e. The Balaban J connectivity index is 1.30. The van der Waals surface area contributed by atoms with Crippen molar-refractivity contribution < 1.29 is 14.1 Å².